The summed E-state index contributed by atoms with van der Waals surface area (Å²) in [6.45, 7) is 7.55. The number of phenolic OH excluding ortho intramolecular Hbond substituents is 3. The van der Waals surface area contributed by atoms with Gasteiger partial charge in [-0.2, -0.15) is 0 Å². The SMILES string of the molecule is CC[C@H](CC(C)C)C(=O)N[C@H]1C(=O)C[C@@H](CC(N)=O)C(=O)N[C@H]2C(=O)C[C@H]3C(=O)N[C@H](C(=O)N[C@H](C(=O)O)c4cc(O)cc(O)c4-c4cc3ccc4O)[C@H](O)c3ccc(c(Cl)c3)Oc3cc2cc(c3O[C@H]2OC(CO)[C@H](O)C(O)C2O[C@H]2C[C@@](C)(N)[C@@H](O)C(C)O2)Oc2ccc(cc2Cl)[C@H]1O. The van der Waals surface area contributed by atoms with Crippen molar-refractivity contribution in [1.82, 2.24) is 21.3 Å². The maximum Gasteiger partial charge on any atom is 0.330 e. The Labute approximate surface area is 586 Å². The van der Waals surface area contributed by atoms with E-state index in [4.69, 9.17) is 63.1 Å². The quantitative estimate of drug-likeness (QED) is 0.0801. The second-order valence-corrected chi connectivity index (χ2v) is 27.4. The third-order valence-electron chi connectivity index (χ3n) is 18.6. The number of fused-ring (bicyclic) bond motifs is 15. The van der Waals surface area contributed by atoms with Crippen molar-refractivity contribution in [2.45, 2.75) is 170 Å². The maximum absolute atomic E-state index is 16.2. The van der Waals surface area contributed by atoms with Gasteiger partial charge in [0.1, 0.15) is 77.4 Å². The Morgan fingerprint density at radius 3 is 1.96 bits per heavy atom. The summed E-state index contributed by atoms with van der Waals surface area (Å²) in [5.41, 5.74) is 8.53. The summed E-state index contributed by atoms with van der Waals surface area (Å²) in [6.07, 6.45) is -19.8. The number of primary amides is 1. The van der Waals surface area contributed by atoms with Gasteiger partial charge in [0.05, 0.1) is 40.7 Å². The normalized spacial score (nSPS) is 29.6. The molecule has 0 aliphatic carbocycles. The van der Waals surface area contributed by atoms with Gasteiger partial charge in [0.25, 0.3) is 0 Å². The fourth-order valence-corrected chi connectivity index (χ4v) is 13.7. The van der Waals surface area contributed by atoms with Crippen molar-refractivity contribution in [1.29, 1.82) is 0 Å². The summed E-state index contributed by atoms with van der Waals surface area (Å²) in [5, 5.41) is 123. The van der Waals surface area contributed by atoms with Gasteiger partial charge in [0, 0.05) is 59.9 Å². The molecule has 7 aliphatic rings. The fraction of sp³-hybridized carbons (Fsp3) is 0.449. The number of phenols is 3. The number of benzene rings is 5. The molecule has 101 heavy (non-hydrogen) atoms. The van der Waals surface area contributed by atoms with Gasteiger partial charge in [-0.25, -0.2) is 4.79 Å². The second kappa shape index (κ2) is 30.4. The lowest BCUT2D eigenvalue weighted by atomic mass is 9.84. The van der Waals surface area contributed by atoms with Crippen LogP contribution in [0.1, 0.15) is 131 Å². The van der Waals surface area contributed by atoms with Crippen LogP contribution < -0.4 is 46.9 Å². The molecular weight excluding hydrogens is 1370 g/mol. The van der Waals surface area contributed by atoms with Crippen LogP contribution in [0.3, 0.4) is 0 Å². The van der Waals surface area contributed by atoms with Crippen LogP contribution in [-0.4, -0.2) is 172 Å². The molecule has 5 aromatic carbocycles. The maximum atomic E-state index is 16.2. The number of amides is 5. The average molecular weight is 1450 g/mol. The van der Waals surface area contributed by atoms with Crippen molar-refractivity contribution in [3.05, 3.63) is 117 Å². The molecule has 11 bridgehead atoms. The van der Waals surface area contributed by atoms with E-state index in [1.165, 1.54) is 38.1 Å². The first-order valence-corrected chi connectivity index (χ1v) is 33.2. The molecule has 7 heterocycles. The third kappa shape index (κ3) is 16.0. The van der Waals surface area contributed by atoms with Gasteiger partial charge in [-0.1, -0.05) is 62.2 Å². The lowest BCUT2D eigenvalue weighted by molar-refractivity contribution is -0.333. The molecule has 30 nitrogen and oxygen atoms in total. The molecule has 18 N–H and O–H groups in total. The van der Waals surface area contributed by atoms with Crippen LogP contribution in [0.4, 0.5) is 0 Å². The highest BCUT2D eigenvalue weighted by molar-refractivity contribution is 6.32. The van der Waals surface area contributed by atoms with Gasteiger partial charge in [-0.3, -0.25) is 33.6 Å². The van der Waals surface area contributed by atoms with Crippen LogP contribution in [0.25, 0.3) is 11.1 Å². The summed E-state index contributed by atoms with van der Waals surface area (Å²) in [7, 11) is 0. The van der Waals surface area contributed by atoms with E-state index in [0.29, 0.717) is 12.8 Å². The zero-order valence-corrected chi connectivity index (χ0v) is 56.5. The molecule has 4 unspecified atom stereocenters. The number of halogens is 2. The molecule has 5 aromatic rings. The Bertz CT molecular complexity index is 4060. The Morgan fingerprint density at radius 2 is 1.38 bits per heavy atom. The molecule has 0 saturated carbocycles. The van der Waals surface area contributed by atoms with Crippen LogP contribution in [0, 0.1) is 17.8 Å². The summed E-state index contributed by atoms with van der Waals surface area (Å²) < 4.78 is 38.5. The molecule has 0 spiro atoms. The number of ether oxygens (including phenoxy) is 6. The highest BCUT2D eigenvalue weighted by atomic mass is 35.5. The molecule has 2 fully saturated rings. The topological polar surface area (TPSA) is 494 Å². The summed E-state index contributed by atoms with van der Waals surface area (Å²) in [5.74, 6) is -18.9. The molecule has 18 atom stereocenters. The van der Waals surface area contributed by atoms with Crippen LogP contribution in [0.15, 0.2) is 78.9 Å². The van der Waals surface area contributed by atoms with E-state index < -0.39 is 238 Å². The van der Waals surface area contributed by atoms with E-state index in [1.54, 1.807) is 6.92 Å². The number of carboxylic acid groups (broad SMARTS) is 1. The van der Waals surface area contributed by atoms with Crippen molar-refractivity contribution >= 4 is 70.3 Å². The van der Waals surface area contributed by atoms with Gasteiger partial charge in [-0.05, 0) is 109 Å². The van der Waals surface area contributed by atoms with Crippen molar-refractivity contribution < 1.29 is 118 Å². The van der Waals surface area contributed by atoms with Crippen LogP contribution in [0.2, 0.25) is 10.0 Å². The third-order valence-corrected chi connectivity index (χ3v) is 19.2. The number of carbonyl (C=O) groups is 8. The number of carbonyl (C=O) groups excluding carboxylic acids is 7. The minimum atomic E-state index is -2.24. The molecule has 12 rings (SSSR count). The second-order valence-electron chi connectivity index (χ2n) is 26.6. The van der Waals surface area contributed by atoms with Crippen LogP contribution in [-0.2, 0) is 52.6 Å². The Kier molecular flexibility index (Phi) is 22.6. The lowest BCUT2D eigenvalue weighted by Gasteiger charge is -2.47. The van der Waals surface area contributed by atoms with Gasteiger partial charge < -0.3 is 112 Å². The number of aliphatic carboxylic acids is 1. The van der Waals surface area contributed by atoms with Crippen molar-refractivity contribution in [3.63, 3.8) is 0 Å². The highest BCUT2D eigenvalue weighted by Gasteiger charge is 2.51. The zero-order valence-electron chi connectivity index (χ0n) is 54.9. The van der Waals surface area contributed by atoms with E-state index in [-0.39, 0.29) is 51.1 Å². The highest BCUT2D eigenvalue weighted by Crippen LogP contribution is 2.50. The number of hydrogen-bond acceptors (Lipinski definition) is 24. The molecule has 32 heteroatoms. The Morgan fingerprint density at radius 1 is 0.743 bits per heavy atom. The van der Waals surface area contributed by atoms with E-state index in [0.717, 1.165) is 54.6 Å². The Balaban J connectivity index is 1.24. The summed E-state index contributed by atoms with van der Waals surface area (Å²) in [4.78, 5) is 117. The van der Waals surface area contributed by atoms with Gasteiger partial charge in [0.15, 0.2) is 41.5 Å². The predicted molar refractivity (Wildman–Crippen MR) is 353 cm³/mol. The van der Waals surface area contributed by atoms with Gasteiger partial charge >= 0.3 is 5.97 Å². The molecule has 5 amide bonds. The van der Waals surface area contributed by atoms with E-state index in [2.05, 4.69) is 21.3 Å². The molecule has 2 saturated heterocycles. The van der Waals surface area contributed by atoms with Crippen molar-refractivity contribution in [3.8, 4) is 57.1 Å². The number of hydrogen-bond donors (Lipinski definition) is 16. The van der Waals surface area contributed by atoms with E-state index in [9.17, 15) is 75.0 Å². The Hall–Kier alpha value is -8.76. The first-order chi connectivity index (χ1) is 47.7. The number of aromatic hydroxyl groups is 3. The number of nitrogens with two attached hydrogens (primary N) is 2. The van der Waals surface area contributed by atoms with Crippen molar-refractivity contribution in [2.75, 3.05) is 6.61 Å². The molecule has 7 aliphatic heterocycles. The number of ketones is 2. The number of carboxylic acids is 1. The van der Waals surface area contributed by atoms with Crippen LogP contribution >= 0.6 is 23.2 Å². The number of aliphatic hydroxyl groups is 6. The van der Waals surface area contributed by atoms with Gasteiger partial charge in [-0.15, -0.1) is 0 Å². The molecule has 0 radical (unpaired) electrons. The fourth-order valence-electron chi connectivity index (χ4n) is 13.2. The monoisotopic (exact) mass is 1440 g/mol. The van der Waals surface area contributed by atoms with Crippen molar-refractivity contribution in [2.24, 2.45) is 29.2 Å². The molecular formula is C69H78Cl2N6O24. The number of aliphatic hydroxyl groups excluding tert-OH is 6. The van der Waals surface area contributed by atoms with Crippen LogP contribution in [0.5, 0.6) is 46.0 Å². The number of rotatable bonds is 13. The van der Waals surface area contributed by atoms with E-state index in [1.807, 2.05) is 13.8 Å². The number of nitrogens with one attached hydrogen (secondary N) is 4. The largest absolute Gasteiger partial charge is 0.508 e. The number of Topliss-reactive ketones (excluding diaryl/α,β-unsaturated/α-hetero) is 2. The molecule has 542 valence electrons. The zero-order chi connectivity index (χ0) is 73.5. The van der Waals surface area contributed by atoms with E-state index >= 15 is 14.4 Å². The summed E-state index contributed by atoms with van der Waals surface area (Å²) >= 11 is 14.2. The lowest BCUT2D eigenvalue weighted by Crippen LogP contribution is -2.64. The first-order valence-electron chi connectivity index (χ1n) is 32.4. The minimum absolute atomic E-state index is 0.0143. The average Bonchev–Trinajstić information content (AvgIpc) is 0.775. The predicted octanol–water partition coefficient (Wildman–Crippen LogP) is 3.52. The minimum Gasteiger partial charge on any atom is -0.508 e. The molecule has 0 aromatic heterocycles. The first kappa shape index (κ1) is 74.9. The van der Waals surface area contributed by atoms with Gasteiger partial charge in [0.2, 0.25) is 41.6 Å². The smallest absolute Gasteiger partial charge is 0.330 e. The summed E-state index contributed by atoms with van der Waals surface area (Å²) in [6, 6.07) is 5.66. The standard InChI is InChI=1S/C69H78Cl2N6O24/c1-6-28(13-26(2)3)63(90)76-54-42(82)17-33(20-49(72)84)64(91)74-52-32-18-46(97-44-11-8-30(56(54)85)15-38(44)70)60(101-68-61(59(88)58(87)48(25-78)99-68)100-50-24-69(5,73)62(89)27(4)96-50)47(19-32)98-45-12-9-31(16-39(45)71)57(86)55-66(93)75-53(67(94)95)37-21-34(79)22-41(81)51(37)36-14-29(7-10-40(36)80)35(23-43(52)83)65(92)77-55/h7-12,14-16,18-19,21-22,26-28,33,35,48,50,52-59,61-62,68,78-81,85-89H,6,13,17,20,23-25,73H2,1-5H3,(H2,72,84)(H,74,91)(H,75,93)(H,76,90)(H,77,92)(H,94,95)/t27?,28-,33+,35-,48?,50+,52-,53+,54+,55+,56-,57-,58+,59?,61?,62+,68-,69-/m1/s1.